The van der Waals surface area contributed by atoms with Crippen LogP contribution in [0.2, 0.25) is 0 Å². The van der Waals surface area contributed by atoms with E-state index in [0.717, 1.165) is 19.4 Å². The van der Waals surface area contributed by atoms with E-state index in [1.54, 1.807) is 7.11 Å². The Kier molecular flexibility index (Phi) is 8.21. The van der Waals surface area contributed by atoms with Gasteiger partial charge in [0.05, 0.1) is 6.54 Å². The second-order valence-corrected chi connectivity index (χ2v) is 4.82. The molecule has 4 heteroatoms. The molecule has 1 amide bonds. The molecule has 2 N–H and O–H groups in total. The number of nitrogens with one attached hydrogen (secondary N) is 2. The third-order valence-corrected chi connectivity index (χ3v) is 2.69. The van der Waals surface area contributed by atoms with Crippen LogP contribution in [-0.2, 0) is 9.53 Å². The number of hydrogen-bond acceptors (Lipinski definition) is 3. The topological polar surface area (TPSA) is 50.4 Å². The highest BCUT2D eigenvalue weighted by molar-refractivity contribution is 5.77. The van der Waals surface area contributed by atoms with Gasteiger partial charge in [0, 0.05) is 26.8 Å². The zero-order valence-corrected chi connectivity index (χ0v) is 11.1. The zero-order chi connectivity index (χ0) is 12.4. The first kappa shape index (κ1) is 15.4. The van der Waals surface area contributed by atoms with E-state index >= 15 is 0 Å². The third kappa shape index (κ3) is 8.68. The summed E-state index contributed by atoms with van der Waals surface area (Å²) in [5.41, 5.74) is 0.260. The standard InChI is InChI=1S/C12H26N2O2/c1-5-12(2,3)10-13-9-11(15)14-7-6-8-16-4/h13H,5-10H2,1-4H3,(H,14,15). The molecule has 0 aromatic heterocycles. The van der Waals surface area contributed by atoms with Crippen molar-refractivity contribution in [1.29, 1.82) is 0 Å². The second kappa shape index (κ2) is 8.53. The Bertz CT molecular complexity index is 193. The molecule has 0 saturated heterocycles. The van der Waals surface area contributed by atoms with Gasteiger partial charge in [-0.2, -0.15) is 0 Å². The Hall–Kier alpha value is -0.610. The van der Waals surface area contributed by atoms with Gasteiger partial charge in [0.15, 0.2) is 0 Å². The Labute approximate surface area is 99.1 Å². The molecule has 0 fully saturated rings. The van der Waals surface area contributed by atoms with E-state index in [4.69, 9.17) is 4.74 Å². The fourth-order valence-corrected chi connectivity index (χ4v) is 1.15. The summed E-state index contributed by atoms with van der Waals surface area (Å²) in [5, 5.41) is 6.01. The molecule has 0 atom stereocenters. The number of carbonyl (C=O) groups excluding carboxylic acids is 1. The Balaban J connectivity index is 3.44. The van der Waals surface area contributed by atoms with Crippen molar-refractivity contribution in [3.63, 3.8) is 0 Å². The first-order valence-corrected chi connectivity index (χ1v) is 5.98. The summed E-state index contributed by atoms with van der Waals surface area (Å²) in [4.78, 5) is 11.4. The number of hydrogen-bond donors (Lipinski definition) is 2. The van der Waals surface area contributed by atoms with E-state index in [0.29, 0.717) is 19.7 Å². The summed E-state index contributed by atoms with van der Waals surface area (Å²) >= 11 is 0. The molecule has 0 unspecified atom stereocenters. The van der Waals surface area contributed by atoms with E-state index in [1.165, 1.54) is 0 Å². The molecule has 0 radical (unpaired) electrons. The van der Waals surface area contributed by atoms with Gasteiger partial charge in [-0.3, -0.25) is 4.79 Å². The van der Waals surface area contributed by atoms with Gasteiger partial charge in [-0.05, 0) is 18.3 Å². The van der Waals surface area contributed by atoms with Gasteiger partial charge in [0.25, 0.3) is 0 Å². The van der Waals surface area contributed by atoms with Crippen LogP contribution in [0.5, 0.6) is 0 Å². The molecule has 0 rings (SSSR count). The fourth-order valence-electron chi connectivity index (χ4n) is 1.15. The summed E-state index contributed by atoms with van der Waals surface area (Å²) in [6, 6.07) is 0. The highest BCUT2D eigenvalue weighted by Crippen LogP contribution is 2.17. The summed E-state index contributed by atoms with van der Waals surface area (Å²) < 4.78 is 4.90. The van der Waals surface area contributed by atoms with Crippen LogP contribution in [0.25, 0.3) is 0 Å². The first-order valence-electron chi connectivity index (χ1n) is 5.98. The number of rotatable bonds is 9. The average molecular weight is 230 g/mol. The van der Waals surface area contributed by atoms with Crippen molar-refractivity contribution in [3.05, 3.63) is 0 Å². The third-order valence-electron chi connectivity index (χ3n) is 2.69. The molecule has 0 aromatic carbocycles. The molecular formula is C12H26N2O2. The number of amides is 1. The number of ether oxygens (including phenoxy) is 1. The Morgan fingerprint density at radius 3 is 2.62 bits per heavy atom. The average Bonchev–Trinajstić information content (AvgIpc) is 2.24. The molecule has 0 aliphatic rings. The van der Waals surface area contributed by atoms with E-state index in [1.807, 2.05) is 0 Å². The summed E-state index contributed by atoms with van der Waals surface area (Å²) in [7, 11) is 1.66. The predicted molar refractivity (Wildman–Crippen MR) is 66.4 cm³/mol. The lowest BCUT2D eigenvalue weighted by Crippen LogP contribution is -2.38. The van der Waals surface area contributed by atoms with Gasteiger partial charge >= 0.3 is 0 Å². The molecule has 0 spiro atoms. The van der Waals surface area contributed by atoms with E-state index in [2.05, 4.69) is 31.4 Å². The van der Waals surface area contributed by atoms with Gasteiger partial charge < -0.3 is 15.4 Å². The van der Waals surface area contributed by atoms with Crippen molar-refractivity contribution >= 4 is 5.91 Å². The smallest absolute Gasteiger partial charge is 0.233 e. The monoisotopic (exact) mass is 230 g/mol. The maximum Gasteiger partial charge on any atom is 0.233 e. The molecule has 0 saturated carbocycles. The van der Waals surface area contributed by atoms with Crippen molar-refractivity contribution < 1.29 is 9.53 Å². The van der Waals surface area contributed by atoms with Crippen molar-refractivity contribution in [1.82, 2.24) is 10.6 Å². The molecule has 0 aromatic rings. The van der Waals surface area contributed by atoms with Crippen LogP contribution >= 0.6 is 0 Å². The summed E-state index contributed by atoms with van der Waals surface area (Å²) in [6.45, 7) is 9.19. The zero-order valence-electron chi connectivity index (χ0n) is 11.1. The van der Waals surface area contributed by atoms with Crippen molar-refractivity contribution in [2.45, 2.75) is 33.6 Å². The van der Waals surface area contributed by atoms with Crippen LogP contribution < -0.4 is 10.6 Å². The molecule has 96 valence electrons. The lowest BCUT2D eigenvalue weighted by atomic mass is 9.90. The van der Waals surface area contributed by atoms with Crippen LogP contribution in [-0.4, -0.2) is 39.3 Å². The van der Waals surface area contributed by atoms with Gasteiger partial charge in [0.2, 0.25) is 5.91 Å². The molecule has 16 heavy (non-hydrogen) atoms. The van der Waals surface area contributed by atoms with Gasteiger partial charge in [0.1, 0.15) is 0 Å². The SMILES string of the molecule is CCC(C)(C)CNCC(=O)NCCCOC. The lowest BCUT2D eigenvalue weighted by molar-refractivity contribution is -0.120. The minimum absolute atomic E-state index is 0.0583. The maximum atomic E-state index is 11.4. The molecule has 0 aliphatic carbocycles. The fraction of sp³-hybridized carbons (Fsp3) is 0.917. The quantitative estimate of drug-likeness (QED) is 0.585. The van der Waals surface area contributed by atoms with Crippen molar-refractivity contribution in [2.24, 2.45) is 5.41 Å². The molecule has 0 bridgehead atoms. The normalized spacial score (nSPS) is 11.5. The Morgan fingerprint density at radius 2 is 2.06 bits per heavy atom. The number of carbonyl (C=O) groups is 1. The van der Waals surface area contributed by atoms with Crippen molar-refractivity contribution in [2.75, 3.05) is 33.4 Å². The first-order chi connectivity index (χ1) is 7.52. The maximum absolute atomic E-state index is 11.4. The van der Waals surface area contributed by atoms with E-state index in [-0.39, 0.29) is 11.3 Å². The van der Waals surface area contributed by atoms with Crippen LogP contribution in [0, 0.1) is 5.41 Å². The highest BCUT2D eigenvalue weighted by Gasteiger charge is 2.14. The summed E-state index contributed by atoms with van der Waals surface area (Å²) in [6.07, 6.45) is 1.97. The van der Waals surface area contributed by atoms with Crippen LogP contribution in [0.1, 0.15) is 33.6 Å². The van der Waals surface area contributed by atoms with Crippen LogP contribution in [0.4, 0.5) is 0 Å². The van der Waals surface area contributed by atoms with Gasteiger partial charge in [-0.25, -0.2) is 0 Å². The minimum Gasteiger partial charge on any atom is -0.385 e. The van der Waals surface area contributed by atoms with E-state index < -0.39 is 0 Å². The highest BCUT2D eigenvalue weighted by atomic mass is 16.5. The van der Waals surface area contributed by atoms with Crippen LogP contribution in [0.3, 0.4) is 0 Å². The number of methoxy groups -OCH3 is 1. The van der Waals surface area contributed by atoms with Crippen LogP contribution in [0.15, 0.2) is 0 Å². The van der Waals surface area contributed by atoms with Gasteiger partial charge in [-0.1, -0.05) is 20.8 Å². The molecule has 0 aliphatic heterocycles. The molecule has 4 nitrogen and oxygen atoms in total. The molecular weight excluding hydrogens is 204 g/mol. The Morgan fingerprint density at radius 1 is 1.38 bits per heavy atom. The van der Waals surface area contributed by atoms with E-state index in [9.17, 15) is 4.79 Å². The molecule has 0 heterocycles. The predicted octanol–water partition coefficient (Wildman–Crippen LogP) is 1.16. The van der Waals surface area contributed by atoms with Crippen molar-refractivity contribution in [3.8, 4) is 0 Å². The largest absolute Gasteiger partial charge is 0.385 e. The minimum atomic E-state index is 0.0583. The lowest BCUT2D eigenvalue weighted by Gasteiger charge is -2.22. The summed E-state index contributed by atoms with van der Waals surface area (Å²) in [5.74, 6) is 0.0583. The van der Waals surface area contributed by atoms with Gasteiger partial charge in [-0.15, -0.1) is 0 Å². The second-order valence-electron chi connectivity index (χ2n) is 4.82.